The molecule has 2 unspecified atom stereocenters. The van der Waals surface area contributed by atoms with Crippen molar-refractivity contribution in [3.05, 3.63) is 0 Å². The maximum Gasteiger partial charge on any atom is 0.323 e. The molecule has 2 atom stereocenters. The van der Waals surface area contributed by atoms with E-state index in [2.05, 4.69) is 24.1 Å². The van der Waals surface area contributed by atoms with Crippen molar-refractivity contribution in [2.24, 2.45) is 11.8 Å². The summed E-state index contributed by atoms with van der Waals surface area (Å²) < 4.78 is 0. The molecule has 19 heavy (non-hydrogen) atoms. The van der Waals surface area contributed by atoms with Crippen LogP contribution in [0.4, 0.5) is 0 Å². The smallest absolute Gasteiger partial charge is 0.323 e. The van der Waals surface area contributed by atoms with Crippen LogP contribution in [0.2, 0.25) is 0 Å². The maximum absolute atomic E-state index is 11.5. The third kappa shape index (κ3) is 3.93. The number of nitrogens with zero attached hydrogens (tertiary/aromatic N) is 1. The third-order valence-electron chi connectivity index (χ3n) is 4.75. The molecule has 2 rings (SSSR count). The van der Waals surface area contributed by atoms with Gasteiger partial charge in [-0.15, -0.1) is 0 Å². The monoisotopic (exact) mass is 268 g/mol. The molecule has 0 bridgehead atoms. The van der Waals surface area contributed by atoms with Gasteiger partial charge >= 0.3 is 5.97 Å². The van der Waals surface area contributed by atoms with Gasteiger partial charge in [0.1, 0.15) is 5.54 Å². The Bertz CT molecular complexity index is 328. The van der Waals surface area contributed by atoms with Crippen LogP contribution in [-0.2, 0) is 4.79 Å². The summed E-state index contributed by atoms with van der Waals surface area (Å²) in [5.41, 5.74) is -0.753. The van der Waals surface area contributed by atoms with Crippen molar-refractivity contribution in [3.8, 4) is 0 Å². The SMILES string of the molecule is CC(C)C1CCN(CCC(C)(NC2CC2)C(=O)O)C1. The molecule has 1 saturated heterocycles. The Morgan fingerprint density at radius 3 is 2.58 bits per heavy atom. The minimum absolute atomic E-state index is 0.433. The van der Waals surface area contributed by atoms with Crippen molar-refractivity contribution in [2.45, 2.75) is 58.0 Å². The lowest BCUT2D eigenvalue weighted by atomic mass is 9.95. The van der Waals surface area contributed by atoms with Gasteiger partial charge in [-0.1, -0.05) is 13.8 Å². The number of aliphatic carboxylic acids is 1. The van der Waals surface area contributed by atoms with Crippen molar-refractivity contribution in [1.82, 2.24) is 10.2 Å². The van der Waals surface area contributed by atoms with Crippen LogP contribution >= 0.6 is 0 Å². The number of hydrogen-bond donors (Lipinski definition) is 2. The molecule has 0 aromatic carbocycles. The van der Waals surface area contributed by atoms with Crippen LogP contribution in [0.1, 0.15) is 46.5 Å². The van der Waals surface area contributed by atoms with Crippen LogP contribution < -0.4 is 5.32 Å². The molecule has 2 N–H and O–H groups in total. The number of carboxylic acid groups (broad SMARTS) is 1. The first-order valence-electron chi connectivity index (χ1n) is 7.64. The van der Waals surface area contributed by atoms with Crippen molar-refractivity contribution >= 4 is 5.97 Å². The zero-order chi connectivity index (χ0) is 14.0. The van der Waals surface area contributed by atoms with Crippen molar-refractivity contribution < 1.29 is 9.90 Å². The molecule has 4 nitrogen and oxygen atoms in total. The molecule has 1 heterocycles. The molecule has 1 saturated carbocycles. The Kier molecular flexibility index (Phi) is 4.51. The molecule has 4 heteroatoms. The summed E-state index contributed by atoms with van der Waals surface area (Å²) >= 11 is 0. The van der Waals surface area contributed by atoms with Gasteiger partial charge in [0.2, 0.25) is 0 Å². The van der Waals surface area contributed by atoms with Crippen molar-refractivity contribution in [2.75, 3.05) is 19.6 Å². The van der Waals surface area contributed by atoms with Crippen molar-refractivity contribution in [3.63, 3.8) is 0 Å². The van der Waals surface area contributed by atoms with E-state index in [9.17, 15) is 9.90 Å². The second-order valence-electron chi connectivity index (χ2n) is 6.90. The molecule has 0 aromatic heterocycles. The van der Waals surface area contributed by atoms with Crippen LogP contribution in [0.15, 0.2) is 0 Å². The molecule has 0 radical (unpaired) electrons. The fourth-order valence-electron chi connectivity index (χ4n) is 2.91. The summed E-state index contributed by atoms with van der Waals surface area (Å²) in [4.78, 5) is 13.9. The molecule has 2 aliphatic rings. The number of carbonyl (C=O) groups is 1. The number of rotatable bonds is 7. The van der Waals surface area contributed by atoms with Gasteiger partial charge in [0.25, 0.3) is 0 Å². The first kappa shape index (κ1) is 14.8. The van der Waals surface area contributed by atoms with E-state index in [-0.39, 0.29) is 0 Å². The maximum atomic E-state index is 11.5. The minimum atomic E-state index is -0.753. The van der Waals surface area contributed by atoms with Crippen LogP contribution in [-0.4, -0.2) is 47.2 Å². The average molecular weight is 268 g/mol. The van der Waals surface area contributed by atoms with E-state index in [0.29, 0.717) is 12.5 Å². The highest BCUT2D eigenvalue weighted by atomic mass is 16.4. The van der Waals surface area contributed by atoms with Crippen LogP contribution in [0.5, 0.6) is 0 Å². The molecular formula is C15H28N2O2. The van der Waals surface area contributed by atoms with E-state index in [1.807, 2.05) is 6.92 Å². The molecule has 0 aromatic rings. The highest BCUT2D eigenvalue weighted by Gasteiger charge is 2.39. The van der Waals surface area contributed by atoms with Crippen LogP contribution in [0, 0.1) is 11.8 Å². The fourth-order valence-corrected chi connectivity index (χ4v) is 2.91. The predicted molar refractivity (Wildman–Crippen MR) is 76.2 cm³/mol. The largest absolute Gasteiger partial charge is 0.480 e. The summed E-state index contributed by atoms with van der Waals surface area (Å²) in [5.74, 6) is 0.812. The zero-order valence-corrected chi connectivity index (χ0v) is 12.5. The second kappa shape index (κ2) is 5.80. The first-order valence-corrected chi connectivity index (χ1v) is 7.64. The van der Waals surface area contributed by atoms with Gasteiger partial charge in [-0.05, 0) is 51.0 Å². The van der Waals surface area contributed by atoms with Crippen LogP contribution in [0.25, 0.3) is 0 Å². The molecule has 2 fully saturated rings. The molecule has 1 aliphatic heterocycles. The minimum Gasteiger partial charge on any atom is -0.480 e. The predicted octanol–water partition coefficient (Wildman–Crippen LogP) is 1.95. The highest BCUT2D eigenvalue weighted by molar-refractivity contribution is 5.78. The normalized spacial score (nSPS) is 27.7. The van der Waals surface area contributed by atoms with E-state index in [4.69, 9.17) is 0 Å². The summed E-state index contributed by atoms with van der Waals surface area (Å²) in [7, 11) is 0. The van der Waals surface area contributed by atoms with Gasteiger partial charge in [-0.25, -0.2) is 0 Å². The number of nitrogens with one attached hydrogen (secondary N) is 1. The van der Waals surface area contributed by atoms with E-state index in [0.717, 1.165) is 44.3 Å². The second-order valence-corrected chi connectivity index (χ2v) is 6.90. The lowest BCUT2D eigenvalue weighted by molar-refractivity contribution is -0.144. The number of hydrogen-bond acceptors (Lipinski definition) is 3. The Labute approximate surface area is 116 Å². The molecule has 0 spiro atoms. The summed E-state index contributed by atoms with van der Waals surface area (Å²) in [6, 6.07) is 0.433. The van der Waals surface area contributed by atoms with Crippen molar-refractivity contribution in [1.29, 1.82) is 0 Å². The summed E-state index contributed by atoms with van der Waals surface area (Å²) in [6.07, 6.45) is 4.21. The van der Waals surface area contributed by atoms with Gasteiger partial charge < -0.3 is 10.0 Å². The third-order valence-corrected chi connectivity index (χ3v) is 4.75. The Morgan fingerprint density at radius 2 is 2.11 bits per heavy atom. The Morgan fingerprint density at radius 1 is 1.42 bits per heavy atom. The first-order chi connectivity index (χ1) is 8.90. The molecule has 1 aliphatic carbocycles. The van der Waals surface area contributed by atoms with Gasteiger partial charge in [0.15, 0.2) is 0 Å². The summed E-state index contributed by atoms with van der Waals surface area (Å²) in [5, 5.41) is 12.7. The van der Waals surface area contributed by atoms with E-state index < -0.39 is 11.5 Å². The number of carboxylic acids is 1. The van der Waals surface area contributed by atoms with E-state index >= 15 is 0 Å². The molecular weight excluding hydrogens is 240 g/mol. The van der Waals surface area contributed by atoms with E-state index in [1.54, 1.807) is 0 Å². The zero-order valence-electron chi connectivity index (χ0n) is 12.5. The topological polar surface area (TPSA) is 52.6 Å². The number of likely N-dealkylation sites (tertiary alicyclic amines) is 1. The molecule has 110 valence electrons. The lowest BCUT2D eigenvalue weighted by Crippen LogP contribution is -2.52. The average Bonchev–Trinajstić information content (AvgIpc) is 3.01. The highest BCUT2D eigenvalue weighted by Crippen LogP contribution is 2.27. The van der Waals surface area contributed by atoms with Crippen LogP contribution in [0.3, 0.4) is 0 Å². The van der Waals surface area contributed by atoms with Gasteiger partial charge in [0.05, 0.1) is 0 Å². The standard InChI is InChI=1S/C15H28N2O2/c1-11(2)12-6-8-17(10-12)9-7-15(3,14(18)19)16-13-4-5-13/h11-13,16H,4-10H2,1-3H3,(H,18,19). The quantitative estimate of drug-likeness (QED) is 0.741. The Hall–Kier alpha value is -0.610. The van der Waals surface area contributed by atoms with Gasteiger partial charge in [0, 0.05) is 19.1 Å². The van der Waals surface area contributed by atoms with Gasteiger partial charge in [-0.2, -0.15) is 0 Å². The van der Waals surface area contributed by atoms with E-state index in [1.165, 1.54) is 6.42 Å². The summed E-state index contributed by atoms with van der Waals surface area (Å²) in [6.45, 7) is 9.56. The fraction of sp³-hybridized carbons (Fsp3) is 0.933. The molecule has 0 amide bonds. The Balaban J connectivity index is 1.80. The lowest BCUT2D eigenvalue weighted by Gasteiger charge is -2.29. The van der Waals surface area contributed by atoms with Gasteiger partial charge in [-0.3, -0.25) is 10.1 Å².